The van der Waals surface area contributed by atoms with E-state index in [1.165, 1.54) is 23.5 Å². The smallest absolute Gasteiger partial charge is 0.264 e. The Kier molecular flexibility index (Phi) is 7.10. The number of nitrogens with one attached hydrogen (secondary N) is 3. The summed E-state index contributed by atoms with van der Waals surface area (Å²) >= 11 is 2.98. The molecule has 0 fully saturated rings. The third kappa shape index (κ3) is 5.97. The second-order valence-corrected chi connectivity index (χ2v) is 11.8. The van der Waals surface area contributed by atoms with Crippen LogP contribution in [0.4, 0.5) is 16.8 Å². The van der Waals surface area contributed by atoms with Gasteiger partial charge in [-0.05, 0) is 51.1 Å². The standard InChI is InChI=1S/C22H25N7O3S3/c1-5-18(30)27-20-23-11-17(34-20)22(4)12-33-21(28-22)26-15-6-8-16(9-7-15)35(31,32)29-19-24-13(2)10-14(3)25-19/h6-11H,5,12H2,1-4H3,(H,26,28)(H,23,27,30)(H,24,25,29). The number of thioether (sulfide) groups is 1. The molecule has 0 saturated heterocycles. The van der Waals surface area contributed by atoms with Crippen LogP contribution in [0.15, 0.2) is 46.4 Å². The lowest BCUT2D eigenvalue weighted by Gasteiger charge is -2.16. The molecule has 3 aromatic rings. The lowest BCUT2D eigenvalue weighted by atomic mass is 10.1. The maximum Gasteiger partial charge on any atom is 0.264 e. The van der Waals surface area contributed by atoms with Gasteiger partial charge in [0.15, 0.2) is 10.3 Å². The molecule has 2 aromatic heterocycles. The van der Waals surface area contributed by atoms with Crippen molar-refractivity contribution in [2.75, 3.05) is 21.1 Å². The van der Waals surface area contributed by atoms with Gasteiger partial charge in [0.25, 0.3) is 10.0 Å². The number of nitrogens with zero attached hydrogens (tertiary/aromatic N) is 4. The number of aryl methyl sites for hydroxylation is 2. The van der Waals surface area contributed by atoms with Gasteiger partial charge in [-0.25, -0.2) is 33.1 Å². The van der Waals surface area contributed by atoms with Crippen LogP contribution in [0.25, 0.3) is 0 Å². The van der Waals surface area contributed by atoms with Crippen molar-refractivity contribution in [3.8, 4) is 0 Å². The van der Waals surface area contributed by atoms with Crippen LogP contribution in [0.1, 0.15) is 36.5 Å². The highest BCUT2D eigenvalue weighted by Gasteiger charge is 2.35. The van der Waals surface area contributed by atoms with Gasteiger partial charge in [0.2, 0.25) is 11.9 Å². The average Bonchev–Trinajstić information content (AvgIpc) is 3.40. The minimum atomic E-state index is -3.83. The van der Waals surface area contributed by atoms with Crippen LogP contribution in [0, 0.1) is 13.8 Å². The van der Waals surface area contributed by atoms with Gasteiger partial charge >= 0.3 is 0 Å². The van der Waals surface area contributed by atoms with Crippen LogP contribution in [-0.4, -0.2) is 40.2 Å². The minimum Gasteiger partial charge on any atom is -0.335 e. The van der Waals surface area contributed by atoms with Crippen LogP contribution < -0.4 is 15.4 Å². The van der Waals surface area contributed by atoms with Gasteiger partial charge in [-0.1, -0.05) is 30.0 Å². The molecular weight excluding hydrogens is 506 g/mol. The molecule has 35 heavy (non-hydrogen) atoms. The number of aromatic nitrogens is 3. The number of aliphatic imine (C=N–C) groups is 1. The molecule has 1 atom stereocenters. The van der Waals surface area contributed by atoms with Crippen LogP contribution in [0.3, 0.4) is 0 Å². The van der Waals surface area contributed by atoms with Crippen molar-refractivity contribution in [3.63, 3.8) is 0 Å². The zero-order valence-corrected chi connectivity index (χ0v) is 22.1. The Bertz CT molecular complexity index is 1370. The molecule has 1 amide bonds. The van der Waals surface area contributed by atoms with Gasteiger partial charge in [-0.15, -0.1) is 0 Å². The van der Waals surface area contributed by atoms with Crippen molar-refractivity contribution in [1.82, 2.24) is 15.0 Å². The molecule has 1 unspecified atom stereocenters. The zero-order chi connectivity index (χ0) is 25.2. The lowest BCUT2D eigenvalue weighted by molar-refractivity contribution is -0.115. The van der Waals surface area contributed by atoms with E-state index < -0.39 is 15.6 Å². The number of hydrogen-bond acceptors (Lipinski definition) is 10. The van der Waals surface area contributed by atoms with Gasteiger partial charge < -0.3 is 10.6 Å². The first-order valence-corrected chi connectivity index (χ1v) is 14.1. The first-order chi connectivity index (χ1) is 16.6. The highest BCUT2D eigenvalue weighted by atomic mass is 32.2. The second kappa shape index (κ2) is 9.91. The molecule has 3 heterocycles. The summed E-state index contributed by atoms with van der Waals surface area (Å²) in [6, 6.07) is 8.16. The van der Waals surface area contributed by atoms with E-state index in [2.05, 4.69) is 30.3 Å². The van der Waals surface area contributed by atoms with E-state index in [-0.39, 0.29) is 16.8 Å². The van der Waals surface area contributed by atoms with Crippen molar-refractivity contribution in [2.45, 2.75) is 44.6 Å². The summed E-state index contributed by atoms with van der Waals surface area (Å²) in [5.74, 6) is 0.677. The second-order valence-electron chi connectivity index (χ2n) is 8.14. The molecule has 0 spiro atoms. The molecule has 3 N–H and O–H groups in total. The van der Waals surface area contributed by atoms with Gasteiger partial charge in [-0.2, -0.15) is 0 Å². The fourth-order valence-electron chi connectivity index (χ4n) is 3.27. The molecule has 0 aliphatic carbocycles. The number of amides is 1. The van der Waals surface area contributed by atoms with Crippen molar-refractivity contribution < 1.29 is 13.2 Å². The fourth-order valence-corrected chi connectivity index (χ4v) is 6.32. The molecule has 13 heteroatoms. The van der Waals surface area contributed by atoms with Crippen molar-refractivity contribution >= 4 is 61.0 Å². The van der Waals surface area contributed by atoms with Gasteiger partial charge in [-0.3, -0.25) is 4.79 Å². The predicted octanol–water partition coefficient (Wildman–Crippen LogP) is 4.13. The van der Waals surface area contributed by atoms with E-state index in [1.807, 2.05) is 6.92 Å². The van der Waals surface area contributed by atoms with Crippen LogP contribution in [0.2, 0.25) is 0 Å². The maximum absolute atomic E-state index is 12.7. The summed E-state index contributed by atoms with van der Waals surface area (Å²) in [5, 5.41) is 7.30. The predicted molar refractivity (Wildman–Crippen MR) is 141 cm³/mol. The summed E-state index contributed by atoms with van der Waals surface area (Å²) in [6.45, 7) is 7.36. The summed E-state index contributed by atoms with van der Waals surface area (Å²) in [5.41, 5.74) is 1.59. The Morgan fingerprint density at radius 1 is 1.14 bits per heavy atom. The summed E-state index contributed by atoms with van der Waals surface area (Å²) in [7, 11) is -3.83. The van der Waals surface area contributed by atoms with E-state index >= 15 is 0 Å². The van der Waals surface area contributed by atoms with Gasteiger partial charge in [0, 0.05) is 35.4 Å². The summed E-state index contributed by atoms with van der Waals surface area (Å²) < 4.78 is 27.9. The largest absolute Gasteiger partial charge is 0.335 e. The molecule has 1 aliphatic rings. The number of anilines is 3. The fraction of sp³-hybridized carbons (Fsp3) is 0.318. The number of rotatable bonds is 7. The molecule has 0 radical (unpaired) electrons. The minimum absolute atomic E-state index is 0.0428. The average molecular weight is 532 g/mol. The van der Waals surface area contributed by atoms with E-state index in [0.717, 1.165) is 10.0 Å². The Morgan fingerprint density at radius 3 is 2.49 bits per heavy atom. The van der Waals surface area contributed by atoms with E-state index in [1.54, 1.807) is 56.9 Å². The van der Waals surface area contributed by atoms with E-state index in [4.69, 9.17) is 4.99 Å². The maximum atomic E-state index is 12.7. The van der Waals surface area contributed by atoms with Gasteiger partial charge in [0.05, 0.1) is 9.77 Å². The lowest BCUT2D eigenvalue weighted by Crippen LogP contribution is -2.17. The van der Waals surface area contributed by atoms with Crippen molar-refractivity contribution in [1.29, 1.82) is 0 Å². The molecule has 4 rings (SSSR count). The zero-order valence-electron chi connectivity index (χ0n) is 19.6. The summed E-state index contributed by atoms with van der Waals surface area (Å²) in [4.78, 5) is 30.0. The molecule has 0 bridgehead atoms. The third-order valence-electron chi connectivity index (χ3n) is 5.07. The SMILES string of the molecule is CCC(=O)Nc1ncc(C2(C)CSC(Nc3ccc(S(=O)(=O)Nc4nc(C)cc(C)n4)cc3)=N2)s1. The Balaban J connectivity index is 1.44. The highest BCUT2D eigenvalue weighted by molar-refractivity contribution is 8.14. The highest BCUT2D eigenvalue weighted by Crippen LogP contribution is 2.40. The number of amidine groups is 1. The first kappa shape index (κ1) is 25.1. The normalized spacial score (nSPS) is 17.7. The van der Waals surface area contributed by atoms with Gasteiger partial charge in [0.1, 0.15) is 5.54 Å². The molecule has 184 valence electrons. The van der Waals surface area contributed by atoms with Crippen LogP contribution in [0.5, 0.6) is 0 Å². The molecule has 10 nitrogen and oxygen atoms in total. The number of sulfonamides is 1. The van der Waals surface area contributed by atoms with Crippen molar-refractivity contribution in [2.24, 2.45) is 4.99 Å². The number of hydrogen-bond donors (Lipinski definition) is 3. The molecule has 1 aliphatic heterocycles. The Hall–Kier alpha value is -3.03. The number of carbonyl (C=O) groups excluding carboxylic acids is 1. The quantitative estimate of drug-likeness (QED) is 0.414. The molecule has 1 aromatic carbocycles. The van der Waals surface area contributed by atoms with Crippen molar-refractivity contribution in [3.05, 3.63) is 52.8 Å². The monoisotopic (exact) mass is 531 g/mol. The molecule has 0 saturated carbocycles. The number of benzene rings is 1. The number of thiazole rings is 1. The van der Waals surface area contributed by atoms with E-state index in [0.29, 0.717) is 34.4 Å². The van der Waals surface area contributed by atoms with E-state index in [9.17, 15) is 13.2 Å². The van der Waals surface area contributed by atoms with Crippen LogP contribution in [-0.2, 0) is 20.4 Å². The Labute approximate surface area is 212 Å². The van der Waals surface area contributed by atoms with Crippen LogP contribution >= 0.6 is 23.1 Å². The third-order valence-corrected chi connectivity index (χ3v) is 8.75. The topological polar surface area (TPSA) is 138 Å². The summed E-state index contributed by atoms with van der Waals surface area (Å²) in [6.07, 6.45) is 2.14. The number of carbonyl (C=O) groups is 1. The molecular formula is C22H25N7O3S3. The Morgan fingerprint density at radius 2 is 1.83 bits per heavy atom. The first-order valence-electron chi connectivity index (χ1n) is 10.8.